The van der Waals surface area contributed by atoms with E-state index in [0.717, 1.165) is 23.9 Å². The highest BCUT2D eigenvalue weighted by Gasteiger charge is 2.13. The predicted octanol–water partition coefficient (Wildman–Crippen LogP) is 5.15. The number of amides is 1. The minimum atomic E-state index is -0.263. The van der Waals surface area contributed by atoms with Crippen molar-refractivity contribution in [1.82, 2.24) is 9.97 Å². The summed E-state index contributed by atoms with van der Waals surface area (Å²) in [6.07, 6.45) is 6.15. The lowest BCUT2D eigenvalue weighted by Crippen LogP contribution is -2.15. The number of ether oxygens (including phenoxy) is 1. The van der Waals surface area contributed by atoms with Gasteiger partial charge in [0.15, 0.2) is 0 Å². The van der Waals surface area contributed by atoms with Crippen molar-refractivity contribution < 1.29 is 9.53 Å². The first kappa shape index (κ1) is 20.3. The van der Waals surface area contributed by atoms with Crippen molar-refractivity contribution in [2.45, 2.75) is 39.5 Å². The van der Waals surface area contributed by atoms with E-state index in [0.29, 0.717) is 29.3 Å². The molecule has 0 fully saturated rings. The second-order valence-corrected chi connectivity index (χ2v) is 6.78. The topological polar surface area (TPSA) is 64.1 Å². The number of carbonyl (C=O) groups excluding carboxylic acids is 1. The molecular weight excluding hydrogens is 362 g/mol. The Hall–Kier alpha value is -3.39. The molecule has 0 saturated heterocycles. The minimum Gasteiger partial charge on any atom is -0.481 e. The predicted molar refractivity (Wildman–Crippen MR) is 116 cm³/mol. The van der Waals surface area contributed by atoms with Crippen LogP contribution in [0, 0.1) is 18.8 Å². The van der Waals surface area contributed by atoms with Gasteiger partial charge in [0.1, 0.15) is 18.1 Å². The van der Waals surface area contributed by atoms with Crippen molar-refractivity contribution in [3.8, 4) is 17.6 Å². The first-order valence-electron chi connectivity index (χ1n) is 9.89. The fourth-order valence-electron chi connectivity index (χ4n) is 2.90. The van der Waals surface area contributed by atoms with Crippen molar-refractivity contribution in [2.24, 2.45) is 0 Å². The molecule has 0 aliphatic rings. The van der Waals surface area contributed by atoms with Crippen molar-refractivity contribution >= 4 is 22.6 Å². The average molecular weight is 387 g/mol. The lowest BCUT2D eigenvalue weighted by Gasteiger charge is -2.09. The molecular formula is C24H25N3O2. The number of fused-ring (bicyclic) bond motifs is 1. The quantitative estimate of drug-likeness (QED) is 0.450. The monoisotopic (exact) mass is 387 g/mol. The van der Waals surface area contributed by atoms with Crippen LogP contribution in [-0.2, 0) is 0 Å². The highest BCUT2D eigenvalue weighted by molar-refractivity contribution is 6.05. The molecule has 1 aromatic carbocycles. The first-order valence-corrected chi connectivity index (χ1v) is 9.89. The maximum Gasteiger partial charge on any atom is 0.274 e. The third-order valence-electron chi connectivity index (χ3n) is 4.42. The molecule has 1 N–H and O–H groups in total. The number of anilines is 1. The Balaban J connectivity index is 1.62. The van der Waals surface area contributed by atoms with Gasteiger partial charge in [-0.05, 0) is 49.2 Å². The summed E-state index contributed by atoms with van der Waals surface area (Å²) in [7, 11) is 0. The number of hydrogen-bond donors (Lipinski definition) is 1. The lowest BCUT2D eigenvalue weighted by molar-refractivity contribution is 0.102. The molecule has 0 bridgehead atoms. The fraction of sp³-hybridized carbons (Fsp3) is 0.292. The molecule has 0 aliphatic carbocycles. The lowest BCUT2D eigenvalue weighted by atomic mass is 10.1. The number of hydrogen-bond acceptors (Lipinski definition) is 4. The first-order chi connectivity index (χ1) is 14.2. The van der Waals surface area contributed by atoms with Gasteiger partial charge in [0, 0.05) is 24.4 Å². The molecule has 0 spiro atoms. The van der Waals surface area contributed by atoms with Crippen LogP contribution in [0.2, 0.25) is 0 Å². The van der Waals surface area contributed by atoms with Crippen molar-refractivity contribution in [3.63, 3.8) is 0 Å². The summed E-state index contributed by atoms with van der Waals surface area (Å²) < 4.78 is 5.67. The number of benzene rings is 1. The van der Waals surface area contributed by atoms with Crippen LogP contribution in [0.25, 0.3) is 11.0 Å². The van der Waals surface area contributed by atoms with E-state index < -0.39 is 0 Å². The number of rotatable bonds is 7. The smallest absolute Gasteiger partial charge is 0.274 e. The summed E-state index contributed by atoms with van der Waals surface area (Å²) >= 11 is 0. The van der Waals surface area contributed by atoms with Gasteiger partial charge in [-0.1, -0.05) is 37.7 Å². The Morgan fingerprint density at radius 2 is 2.00 bits per heavy atom. The highest BCUT2D eigenvalue weighted by Crippen LogP contribution is 2.19. The van der Waals surface area contributed by atoms with Gasteiger partial charge in [-0.2, -0.15) is 0 Å². The molecule has 0 unspecified atom stereocenters. The molecule has 0 radical (unpaired) electrons. The van der Waals surface area contributed by atoms with Gasteiger partial charge in [-0.15, -0.1) is 0 Å². The number of nitrogens with zero attached hydrogens (tertiary/aromatic N) is 2. The molecule has 29 heavy (non-hydrogen) atoms. The standard InChI is InChI=1S/C24H25N3O2/c1-3-4-5-6-7-8-15-29-20-12-9-11-19(17-20)26-24(28)23-18(2)16-22-21(27-23)13-10-14-25-22/h9-14,16-17H,3-6,15H2,1-2H3,(H,26,28). The van der Waals surface area contributed by atoms with Crippen LogP contribution in [0.3, 0.4) is 0 Å². The van der Waals surface area contributed by atoms with Gasteiger partial charge in [0.2, 0.25) is 0 Å². The normalized spacial score (nSPS) is 10.3. The summed E-state index contributed by atoms with van der Waals surface area (Å²) in [6.45, 7) is 4.37. The molecule has 1 amide bonds. The Kier molecular flexibility index (Phi) is 7.18. The van der Waals surface area contributed by atoms with E-state index >= 15 is 0 Å². The summed E-state index contributed by atoms with van der Waals surface area (Å²) in [5.41, 5.74) is 3.27. The Bertz CT molecular complexity index is 1050. The second kappa shape index (κ2) is 10.2. The van der Waals surface area contributed by atoms with E-state index in [-0.39, 0.29) is 5.91 Å². The zero-order valence-electron chi connectivity index (χ0n) is 16.9. The molecule has 3 rings (SSSR count). The molecule has 3 aromatic rings. The van der Waals surface area contributed by atoms with E-state index in [4.69, 9.17) is 4.74 Å². The molecule has 0 atom stereocenters. The Morgan fingerprint density at radius 3 is 2.86 bits per heavy atom. The number of aromatic nitrogens is 2. The van der Waals surface area contributed by atoms with Crippen molar-refractivity contribution in [2.75, 3.05) is 11.9 Å². The molecule has 5 nitrogen and oxygen atoms in total. The zero-order chi connectivity index (χ0) is 20.5. The fourth-order valence-corrected chi connectivity index (χ4v) is 2.90. The largest absolute Gasteiger partial charge is 0.481 e. The summed E-state index contributed by atoms with van der Waals surface area (Å²) in [5.74, 6) is 6.55. The minimum absolute atomic E-state index is 0.263. The van der Waals surface area contributed by atoms with Gasteiger partial charge in [0.25, 0.3) is 5.91 Å². The number of aryl methyl sites for hydroxylation is 1. The molecule has 2 aromatic heterocycles. The third-order valence-corrected chi connectivity index (χ3v) is 4.42. The van der Waals surface area contributed by atoms with Gasteiger partial charge in [0.05, 0.1) is 11.0 Å². The Morgan fingerprint density at radius 1 is 1.10 bits per heavy atom. The van der Waals surface area contributed by atoms with Gasteiger partial charge in [-0.3, -0.25) is 9.78 Å². The van der Waals surface area contributed by atoms with Gasteiger partial charge < -0.3 is 10.1 Å². The van der Waals surface area contributed by atoms with E-state index in [9.17, 15) is 4.79 Å². The number of nitrogens with one attached hydrogen (secondary N) is 1. The van der Waals surface area contributed by atoms with E-state index in [1.165, 1.54) is 12.8 Å². The van der Waals surface area contributed by atoms with Crippen LogP contribution in [0.15, 0.2) is 48.7 Å². The van der Waals surface area contributed by atoms with E-state index in [1.54, 1.807) is 18.3 Å². The van der Waals surface area contributed by atoms with Crippen LogP contribution in [0.4, 0.5) is 5.69 Å². The van der Waals surface area contributed by atoms with Gasteiger partial charge in [-0.25, -0.2) is 4.98 Å². The SMILES string of the molecule is CCCCCC#CCOc1cccc(NC(=O)c2nc3cccnc3cc2C)c1. The maximum atomic E-state index is 12.7. The summed E-state index contributed by atoms with van der Waals surface area (Å²) in [5, 5.41) is 2.89. The van der Waals surface area contributed by atoms with E-state index in [1.807, 2.05) is 37.3 Å². The third kappa shape index (κ3) is 5.79. The second-order valence-electron chi connectivity index (χ2n) is 6.78. The van der Waals surface area contributed by atoms with Crippen LogP contribution < -0.4 is 10.1 Å². The highest BCUT2D eigenvalue weighted by atomic mass is 16.5. The number of unbranched alkanes of at least 4 members (excludes halogenated alkanes) is 3. The van der Waals surface area contributed by atoms with Gasteiger partial charge >= 0.3 is 0 Å². The van der Waals surface area contributed by atoms with Crippen LogP contribution >= 0.6 is 0 Å². The van der Waals surface area contributed by atoms with Crippen LogP contribution in [-0.4, -0.2) is 22.5 Å². The summed E-state index contributed by atoms with van der Waals surface area (Å²) in [6, 6.07) is 12.8. The molecule has 0 saturated carbocycles. The van der Waals surface area contributed by atoms with Crippen molar-refractivity contribution in [1.29, 1.82) is 0 Å². The Labute approximate surface area is 171 Å². The summed E-state index contributed by atoms with van der Waals surface area (Å²) in [4.78, 5) is 21.5. The van der Waals surface area contributed by atoms with Crippen molar-refractivity contribution in [3.05, 3.63) is 59.9 Å². The molecule has 148 valence electrons. The van der Waals surface area contributed by atoms with Crippen LogP contribution in [0.5, 0.6) is 5.75 Å². The molecule has 2 heterocycles. The average Bonchev–Trinajstić information content (AvgIpc) is 2.73. The number of carbonyl (C=O) groups is 1. The van der Waals surface area contributed by atoms with E-state index in [2.05, 4.69) is 34.0 Å². The molecule has 5 heteroatoms. The molecule has 0 aliphatic heterocycles. The maximum absolute atomic E-state index is 12.7. The number of pyridine rings is 2. The van der Waals surface area contributed by atoms with Crippen LogP contribution in [0.1, 0.15) is 48.7 Å². The zero-order valence-corrected chi connectivity index (χ0v) is 16.9.